The molecular weight excluding hydrogens is 300 g/mol. The van der Waals surface area contributed by atoms with Crippen LogP contribution in [0.4, 0.5) is 5.69 Å². The molecule has 2 rings (SSSR count). The minimum absolute atomic E-state index is 0.0656. The maximum atomic E-state index is 11.5. The number of rotatable bonds is 6. The Morgan fingerprint density at radius 1 is 1.22 bits per heavy atom. The third-order valence-electron chi connectivity index (χ3n) is 3.52. The number of ether oxygens (including phenoxy) is 1. The summed E-state index contributed by atoms with van der Waals surface area (Å²) in [6, 6.07) is 14.2. The number of para-hydroxylation sites is 2. The van der Waals surface area contributed by atoms with Gasteiger partial charge in [-0.1, -0.05) is 42.5 Å². The molecular formula is C16H16N2O5. The van der Waals surface area contributed by atoms with Gasteiger partial charge < -0.3 is 15.6 Å². The fourth-order valence-corrected chi connectivity index (χ4v) is 2.24. The molecule has 0 saturated carbocycles. The van der Waals surface area contributed by atoms with Crippen LogP contribution in [0.2, 0.25) is 0 Å². The quantitative estimate of drug-likeness (QED) is 0.622. The number of hydrogen-bond donors (Lipinski definition) is 2. The van der Waals surface area contributed by atoms with E-state index in [9.17, 15) is 20.0 Å². The lowest BCUT2D eigenvalue weighted by atomic mass is 9.89. The van der Waals surface area contributed by atoms with E-state index in [4.69, 9.17) is 10.5 Å². The van der Waals surface area contributed by atoms with Gasteiger partial charge in [-0.3, -0.25) is 14.9 Å². The summed E-state index contributed by atoms with van der Waals surface area (Å²) < 4.78 is 5.71. The first kappa shape index (κ1) is 16.4. The predicted octanol–water partition coefficient (Wildman–Crippen LogP) is 1.74. The number of nitrogens with two attached hydrogens (primary N) is 1. The van der Waals surface area contributed by atoms with Gasteiger partial charge in [0.1, 0.15) is 0 Å². The highest BCUT2D eigenvalue weighted by molar-refractivity contribution is 5.80. The van der Waals surface area contributed by atoms with E-state index in [1.54, 1.807) is 36.4 Å². The van der Waals surface area contributed by atoms with Crippen molar-refractivity contribution in [2.24, 2.45) is 5.73 Å². The van der Waals surface area contributed by atoms with Crippen molar-refractivity contribution in [3.05, 3.63) is 70.3 Å². The molecule has 0 aromatic heterocycles. The number of hydrogen-bond acceptors (Lipinski definition) is 5. The monoisotopic (exact) mass is 316 g/mol. The van der Waals surface area contributed by atoms with Gasteiger partial charge in [-0.2, -0.15) is 0 Å². The highest BCUT2D eigenvalue weighted by Crippen LogP contribution is 2.36. The molecule has 7 nitrogen and oxygen atoms in total. The molecule has 2 atom stereocenters. The lowest BCUT2D eigenvalue weighted by Crippen LogP contribution is -2.49. The lowest BCUT2D eigenvalue weighted by molar-refractivity contribution is -0.386. The molecule has 2 unspecified atom stereocenters. The fraction of sp³-hybridized carbons (Fsp3) is 0.188. The van der Waals surface area contributed by atoms with E-state index >= 15 is 0 Å². The molecule has 0 radical (unpaired) electrons. The van der Waals surface area contributed by atoms with Crippen LogP contribution in [0.15, 0.2) is 54.6 Å². The highest BCUT2D eigenvalue weighted by Gasteiger charge is 2.42. The summed E-state index contributed by atoms with van der Waals surface area (Å²) in [6.45, 7) is 1.45. The Hall–Kier alpha value is -2.93. The van der Waals surface area contributed by atoms with Crippen LogP contribution < -0.4 is 10.5 Å². The second kappa shape index (κ2) is 6.45. The molecule has 3 N–H and O–H groups in total. The number of primary amides is 1. The van der Waals surface area contributed by atoms with Gasteiger partial charge in [-0.15, -0.1) is 0 Å². The zero-order valence-corrected chi connectivity index (χ0v) is 12.4. The number of benzene rings is 2. The third kappa shape index (κ3) is 3.29. The van der Waals surface area contributed by atoms with Crippen molar-refractivity contribution >= 4 is 11.6 Å². The summed E-state index contributed by atoms with van der Waals surface area (Å²) in [5, 5.41) is 21.3. The van der Waals surface area contributed by atoms with E-state index in [-0.39, 0.29) is 11.4 Å². The average Bonchev–Trinajstić information content (AvgIpc) is 2.55. The summed E-state index contributed by atoms with van der Waals surface area (Å²) in [7, 11) is 0. The van der Waals surface area contributed by atoms with E-state index in [2.05, 4.69) is 0 Å². The van der Waals surface area contributed by atoms with Gasteiger partial charge in [0.25, 0.3) is 5.91 Å². The molecule has 0 aliphatic carbocycles. The summed E-state index contributed by atoms with van der Waals surface area (Å²) >= 11 is 0. The van der Waals surface area contributed by atoms with E-state index in [1.165, 1.54) is 25.1 Å². The fourth-order valence-electron chi connectivity index (χ4n) is 2.24. The first-order chi connectivity index (χ1) is 10.9. The number of nitrogens with zero attached hydrogens (tertiary/aromatic N) is 1. The Morgan fingerprint density at radius 2 is 1.78 bits per heavy atom. The first-order valence-corrected chi connectivity index (χ1v) is 6.81. The van der Waals surface area contributed by atoms with Gasteiger partial charge in [0.2, 0.25) is 0 Å². The van der Waals surface area contributed by atoms with Gasteiger partial charge in [-0.25, -0.2) is 0 Å². The van der Waals surface area contributed by atoms with Crippen LogP contribution >= 0.6 is 0 Å². The first-order valence-electron chi connectivity index (χ1n) is 6.81. The van der Waals surface area contributed by atoms with Gasteiger partial charge >= 0.3 is 5.69 Å². The number of aliphatic hydroxyl groups excluding tert-OH is 1. The van der Waals surface area contributed by atoms with Gasteiger partial charge in [-0.05, 0) is 18.6 Å². The summed E-state index contributed by atoms with van der Waals surface area (Å²) in [4.78, 5) is 22.0. The molecule has 0 spiro atoms. The molecule has 1 amide bonds. The third-order valence-corrected chi connectivity index (χ3v) is 3.52. The Labute approximate surface area is 132 Å². The molecule has 0 aliphatic heterocycles. The molecule has 0 aliphatic rings. The maximum Gasteiger partial charge on any atom is 0.310 e. The van der Waals surface area contributed by atoms with Crippen LogP contribution in [-0.2, 0) is 10.4 Å². The normalized spacial score (nSPS) is 14.5. The minimum Gasteiger partial charge on any atom is -0.472 e. The Kier molecular flexibility index (Phi) is 4.61. The predicted molar refractivity (Wildman–Crippen MR) is 82.7 cm³/mol. The van der Waals surface area contributed by atoms with Gasteiger partial charge in [0.15, 0.2) is 17.5 Å². The van der Waals surface area contributed by atoms with Crippen molar-refractivity contribution in [3.63, 3.8) is 0 Å². The largest absolute Gasteiger partial charge is 0.472 e. The van der Waals surface area contributed by atoms with E-state index in [1.807, 2.05) is 0 Å². The molecule has 2 aromatic rings. The zero-order valence-electron chi connectivity index (χ0n) is 12.4. The Morgan fingerprint density at radius 3 is 2.35 bits per heavy atom. The SMILES string of the molecule is CC(Oc1ccccc1[N+](=O)[O-])(c1ccccc1)C(O)C(N)=O. The van der Waals surface area contributed by atoms with Crippen LogP contribution in [0.1, 0.15) is 12.5 Å². The van der Waals surface area contributed by atoms with Crippen molar-refractivity contribution in [1.82, 2.24) is 0 Å². The van der Waals surface area contributed by atoms with Crippen molar-refractivity contribution < 1.29 is 19.6 Å². The van der Waals surface area contributed by atoms with Crippen LogP contribution in [-0.4, -0.2) is 22.0 Å². The van der Waals surface area contributed by atoms with E-state index < -0.39 is 22.5 Å². The molecule has 0 saturated heterocycles. The molecule has 0 fully saturated rings. The molecule has 120 valence electrons. The number of nitro benzene ring substituents is 1. The topological polar surface area (TPSA) is 116 Å². The second-order valence-electron chi connectivity index (χ2n) is 5.10. The van der Waals surface area contributed by atoms with Crippen LogP contribution in [0.3, 0.4) is 0 Å². The zero-order chi connectivity index (χ0) is 17.0. The summed E-state index contributed by atoms with van der Waals surface area (Å²) in [5.41, 5.74) is 3.83. The number of carbonyl (C=O) groups is 1. The number of aliphatic hydroxyl groups is 1. The van der Waals surface area contributed by atoms with Crippen LogP contribution in [0.25, 0.3) is 0 Å². The Bertz CT molecular complexity index is 719. The smallest absolute Gasteiger partial charge is 0.310 e. The van der Waals surface area contributed by atoms with Crippen molar-refractivity contribution in [2.45, 2.75) is 18.6 Å². The molecule has 23 heavy (non-hydrogen) atoms. The van der Waals surface area contributed by atoms with Crippen molar-refractivity contribution in [2.75, 3.05) is 0 Å². The minimum atomic E-state index is -1.69. The number of nitro groups is 1. The Balaban J connectivity index is 2.52. The average molecular weight is 316 g/mol. The standard InChI is InChI=1S/C16H16N2O5/c1-16(14(19)15(17)20,11-7-3-2-4-8-11)23-13-10-6-5-9-12(13)18(21)22/h2-10,14,19H,1H3,(H2,17,20). The number of amides is 1. The van der Waals surface area contributed by atoms with E-state index in [0.717, 1.165) is 0 Å². The summed E-state index contributed by atoms with van der Waals surface area (Å²) in [5.74, 6) is -1.06. The second-order valence-corrected chi connectivity index (χ2v) is 5.10. The molecule has 2 aromatic carbocycles. The van der Waals surface area contributed by atoms with Crippen molar-refractivity contribution in [3.8, 4) is 5.75 Å². The highest BCUT2D eigenvalue weighted by atomic mass is 16.6. The van der Waals surface area contributed by atoms with Gasteiger partial charge in [0, 0.05) is 6.07 Å². The molecule has 7 heteroatoms. The van der Waals surface area contributed by atoms with Crippen LogP contribution in [0.5, 0.6) is 5.75 Å². The summed E-state index contributed by atoms with van der Waals surface area (Å²) in [6.07, 6.45) is -1.69. The van der Waals surface area contributed by atoms with Crippen molar-refractivity contribution in [1.29, 1.82) is 0 Å². The van der Waals surface area contributed by atoms with E-state index in [0.29, 0.717) is 5.56 Å². The molecule has 0 bridgehead atoms. The van der Waals surface area contributed by atoms with Crippen LogP contribution in [0, 0.1) is 10.1 Å². The lowest BCUT2D eigenvalue weighted by Gasteiger charge is -2.33. The van der Waals surface area contributed by atoms with Gasteiger partial charge in [0.05, 0.1) is 4.92 Å². The maximum absolute atomic E-state index is 11.5. The number of carbonyl (C=O) groups excluding carboxylic acids is 1. The molecule has 0 heterocycles.